The van der Waals surface area contributed by atoms with Crippen LogP contribution in [0.25, 0.3) is 0 Å². The number of rotatable bonds is 15. The maximum Gasteiger partial charge on any atom is 0.238 e. The average Bonchev–Trinajstić information content (AvgIpc) is 2.83. The second-order valence-corrected chi connectivity index (χ2v) is 9.29. The summed E-state index contributed by atoms with van der Waals surface area (Å²) in [7, 11) is 10.3. The molecule has 33 heavy (non-hydrogen) atoms. The Bertz CT molecular complexity index is 509. The van der Waals surface area contributed by atoms with Gasteiger partial charge in [0.25, 0.3) is 0 Å². The molecule has 0 spiro atoms. The molecule has 0 saturated carbocycles. The van der Waals surface area contributed by atoms with E-state index >= 15 is 0 Å². The minimum absolute atomic E-state index is 0.136. The van der Waals surface area contributed by atoms with E-state index in [1.165, 1.54) is 0 Å². The van der Waals surface area contributed by atoms with E-state index < -0.39 is 0 Å². The molecule has 1 aliphatic rings. The minimum Gasteiger partial charge on any atom is -0.383 e. The van der Waals surface area contributed by atoms with Crippen molar-refractivity contribution < 1.29 is 9.53 Å². The second kappa shape index (κ2) is 17.6. The van der Waals surface area contributed by atoms with E-state index in [2.05, 4.69) is 80.4 Å². The van der Waals surface area contributed by atoms with Crippen molar-refractivity contribution in [3.63, 3.8) is 0 Å². The zero-order chi connectivity index (χ0) is 25.6. The van der Waals surface area contributed by atoms with Crippen LogP contribution in [0.5, 0.6) is 0 Å². The quantitative estimate of drug-likeness (QED) is 0.361. The highest BCUT2D eigenvalue weighted by molar-refractivity contribution is 5.79. The summed E-state index contributed by atoms with van der Waals surface area (Å²) in [6, 6.07) is 0.506. The molecule has 1 amide bonds. The lowest BCUT2D eigenvalue weighted by molar-refractivity contribution is -0.145. The molecular weight excluding hydrogens is 416 g/mol. The molecule has 1 saturated heterocycles. The van der Waals surface area contributed by atoms with Crippen molar-refractivity contribution in [3.05, 3.63) is 0 Å². The van der Waals surface area contributed by atoms with E-state index in [1.807, 2.05) is 18.7 Å². The smallest absolute Gasteiger partial charge is 0.238 e. The van der Waals surface area contributed by atoms with Crippen molar-refractivity contribution >= 4 is 5.91 Å². The lowest BCUT2D eigenvalue weighted by atomic mass is 10.2. The number of hydrogen-bond acceptors (Lipinski definition) is 7. The summed E-state index contributed by atoms with van der Waals surface area (Å²) in [5.74, 6) is 0.238. The molecule has 0 aromatic carbocycles. The van der Waals surface area contributed by atoms with Crippen LogP contribution in [-0.4, -0.2) is 148 Å². The molecule has 0 bridgehead atoms. The fourth-order valence-corrected chi connectivity index (χ4v) is 3.86. The zero-order valence-electron chi connectivity index (χ0n) is 23.8. The monoisotopic (exact) mass is 472 g/mol. The first kappa shape index (κ1) is 32.2. The van der Waals surface area contributed by atoms with Gasteiger partial charge in [-0.1, -0.05) is 20.8 Å². The minimum atomic E-state index is 0.136. The Kier molecular flexibility index (Phi) is 17.2. The summed E-state index contributed by atoms with van der Waals surface area (Å²) in [5.41, 5.74) is 0. The summed E-state index contributed by atoms with van der Waals surface area (Å²) >= 11 is 0. The van der Waals surface area contributed by atoms with Crippen LogP contribution >= 0.6 is 0 Å². The Labute approximate surface area is 205 Å². The number of likely N-dealkylation sites (N-methyl/N-ethyl adjacent to an activating group) is 3. The van der Waals surface area contributed by atoms with Gasteiger partial charge >= 0.3 is 0 Å². The number of amides is 1. The molecule has 3 unspecified atom stereocenters. The maximum atomic E-state index is 12.9. The van der Waals surface area contributed by atoms with Gasteiger partial charge in [0.2, 0.25) is 5.91 Å². The normalized spacial score (nSPS) is 18.2. The summed E-state index contributed by atoms with van der Waals surface area (Å²) in [4.78, 5) is 26.6. The van der Waals surface area contributed by atoms with Gasteiger partial charge in [-0.3, -0.25) is 19.5 Å². The third-order valence-corrected chi connectivity index (χ3v) is 7.22. The van der Waals surface area contributed by atoms with E-state index in [0.717, 1.165) is 58.8 Å². The van der Waals surface area contributed by atoms with Crippen molar-refractivity contribution in [1.82, 2.24) is 29.4 Å². The predicted octanol–water partition coefficient (Wildman–Crippen LogP) is 2.02. The van der Waals surface area contributed by atoms with Gasteiger partial charge in [0.15, 0.2) is 0 Å². The fraction of sp³-hybridized carbons (Fsp3) is 0.960. The van der Waals surface area contributed by atoms with Crippen LogP contribution in [0.1, 0.15) is 48.0 Å². The van der Waals surface area contributed by atoms with Gasteiger partial charge in [0.1, 0.15) is 0 Å². The van der Waals surface area contributed by atoms with E-state index in [9.17, 15) is 4.79 Å². The third kappa shape index (κ3) is 11.5. The maximum absolute atomic E-state index is 12.9. The number of methoxy groups -OCH3 is 1. The van der Waals surface area contributed by atoms with Crippen molar-refractivity contribution in [2.24, 2.45) is 0 Å². The number of carbonyl (C=O) groups excluding carboxylic acids is 1. The molecule has 1 fully saturated rings. The summed E-state index contributed by atoms with van der Waals surface area (Å²) in [5, 5.41) is 0. The second-order valence-electron chi connectivity index (χ2n) is 9.29. The van der Waals surface area contributed by atoms with Crippen LogP contribution < -0.4 is 0 Å². The lowest BCUT2D eigenvalue weighted by Gasteiger charge is -2.44. The number of hydrogen-bond donors (Lipinski definition) is 0. The largest absolute Gasteiger partial charge is 0.383 e. The SMILES string of the molecule is CC.CCN(C)CCN(C)C(C)N1CCN(C(C)N(C)CCC(C)N(C)CCOC)CC1=O. The molecule has 8 nitrogen and oxygen atoms in total. The van der Waals surface area contributed by atoms with Crippen molar-refractivity contribution in [1.29, 1.82) is 0 Å². The molecule has 198 valence electrons. The molecule has 3 atom stereocenters. The first-order valence-electron chi connectivity index (χ1n) is 12.9. The van der Waals surface area contributed by atoms with Crippen molar-refractivity contribution in [2.45, 2.75) is 66.3 Å². The molecule has 1 aliphatic heterocycles. The summed E-state index contributed by atoms with van der Waals surface area (Å²) in [6.07, 6.45) is 1.49. The first-order valence-corrected chi connectivity index (χ1v) is 12.9. The highest BCUT2D eigenvalue weighted by atomic mass is 16.5. The number of nitrogens with zero attached hydrogens (tertiary/aromatic N) is 6. The molecular formula is C25H56N6O2. The highest BCUT2D eigenvalue weighted by Crippen LogP contribution is 2.15. The Morgan fingerprint density at radius 3 is 2.03 bits per heavy atom. The lowest BCUT2D eigenvalue weighted by Crippen LogP contribution is -2.60. The van der Waals surface area contributed by atoms with Gasteiger partial charge in [-0.15, -0.1) is 0 Å². The Balaban J connectivity index is 0.00000497. The molecule has 0 aromatic heterocycles. The average molecular weight is 473 g/mol. The molecule has 1 heterocycles. The van der Waals surface area contributed by atoms with E-state index in [0.29, 0.717) is 12.6 Å². The fourth-order valence-electron chi connectivity index (χ4n) is 3.86. The molecule has 8 heteroatoms. The van der Waals surface area contributed by atoms with Crippen molar-refractivity contribution in [3.8, 4) is 0 Å². The Morgan fingerprint density at radius 1 is 0.879 bits per heavy atom. The van der Waals surface area contributed by atoms with Crippen LogP contribution in [0.2, 0.25) is 0 Å². The molecule has 0 radical (unpaired) electrons. The van der Waals surface area contributed by atoms with Crippen LogP contribution in [0, 0.1) is 0 Å². The van der Waals surface area contributed by atoms with Crippen molar-refractivity contribution in [2.75, 3.05) is 94.3 Å². The number of carbonyl (C=O) groups is 1. The topological polar surface area (TPSA) is 45.7 Å². The molecule has 0 aliphatic carbocycles. The summed E-state index contributed by atoms with van der Waals surface area (Å²) in [6.45, 7) is 20.8. The van der Waals surface area contributed by atoms with Gasteiger partial charge in [0.05, 0.1) is 25.5 Å². The van der Waals surface area contributed by atoms with E-state index in [1.54, 1.807) is 7.11 Å². The standard InChI is InChI=1S/C23H50N6O2.C2H6/c1-10-24(5)13-14-27(8)22(4)29-16-15-28(19-23(29)30)21(3)26(7)12-11-20(2)25(6)17-18-31-9;1-2/h20-22H,10-19H2,1-9H3;1-2H3. The van der Waals surface area contributed by atoms with Gasteiger partial charge in [0, 0.05) is 52.4 Å². The Morgan fingerprint density at radius 2 is 1.48 bits per heavy atom. The molecule has 0 aromatic rings. The van der Waals surface area contributed by atoms with E-state index in [4.69, 9.17) is 4.74 Å². The van der Waals surface area contributed by atoms with Crippen LogP contribution in [0.15, 0.2) is 0 Å². The molecule has 1 rings (SSSR count). The Hall–Kier alpha value is -0.770. The zero-order valence-corrected chi connectivity index (χ0v) is 23.8. The van der Waals surface area contributed by atoms with Crippen LogP contribution in [-0.2, 0) is 9.53 Å². The van der Waals surface area contributed by atoms with Crippen LogP contribution in [0.3, 0.4) is 0 Å². The third-order valence-electron chi connectivity index (χ3n) is 7.22. The van der Waals surface area contributed by atoms with Gasteiger partial charge < -0.3 is 19.4 Å². The summed E-state index contributed by atoms with van der Waals surface area (Å²) < 4.78 is 5.19. The number of piperazine rings is 1. The highest BCUT2D eigenvalue weighted by Gasteiger charge is 2.32. The van der Waals surface area contributed by atoms with Crippen LogP contribution in [0.4, 0.5) is 0 Å². The first-order chi connectivity index (χ1) is 15.6. The predicted molar refractivity (Wildman–Crippen MR) is 141 cm³/mol. The van der Waals surface area contributed by atoms with Gasteiger partial charge in [-0.2, -0.15) is 0 Å². The van der Waals surface area contributed by atoms with E-state index in [-0.39, 0.29) is 18.2 Å². The van der Waals surface area contributed by atoms with Gasteiger partial charge in [-0.05, 0) is 61.9 Å². The van der Waals surface area contributed by atoms with Gasteiger partial charge in [-0.25, -0.2) is 0 Å². The number of ether oxygens (including phenoxy) is 1. The molecule has 0 N–H and O–H groups in total.